The molecule has 1 unspecified atom stereocenters. The van der Waals surface area contributed by atoms with Crippen LogP contribution in [0.15, 0.2) is 103 Å². The fourth-order valence-corrected chi connectivity index (χ4v) is 4.43. The molecule has 5 nitrogen and oxygen atoms in total. The molecule has 0 bridgehead atoms. The molecule has 1 amide bonds. The Kier molecular flexibility index (Phi) is 9.30. The number of amides is 1. The van der Waals surface area contributed by atoms with Crippen LogP contribution in [0.2, 0.25) is 5.02 Å². The van der Waals surface area contributed by atoms with Crippen LogP contribution in [0.1, 0.15) is 29.8 Å². The molecule has 1 aromatic heterocycles. The Morgan fingerprint density at radius 2 is 1.82 bits per heavy atom. The number of carbonyl (C=O) groups is 1. The van der Waals surface area contributed by atoms with E-state index in [0.29, 0.717) is 12.1 Å². The zero-order valence-corrected chi connectivity index (χ0v) is 22.8. The summed E-state index contributed by atoms with van der Waals surface area (Å²) in [5, 5.41) is 2.46. The van der Waals surface area contributed by atoms with Crippen molar-refractivity contribution in [3.05, 3.63) is 137 Å². The van der Waals surface area contributed by atoms with Gasteiger partial charge in [-0.15, -0.1) is 0 Å². The molecule has 0 radical (unpaired) electrons. The van der Waals surface area contributed by atoms with Crippen molar-refractivity contribution in [1.29, 1.82) is 0 Å². The minimum Gasteiger partial charge on any atom is -0.453 e. The van der Waals surface area contributed by atoms with Crippen molar-refractivity contribution in [2.75, 3.05) is 12.4 Å². The zero-order chi connectivity index (χ0) is 28.6. The van der Waals surface area contributed by atoms with Crippen molar-refractivity contribution in [3.8, 4) is 11.3 Å². The van der Waals surface area contributed by atoms with Gasteiger partial charge in [-0.05, 0) is 54.3 Å². The van der Waals surface area contributed by atoms with Gasteiger partial charge in [0.05, 0.1) is 29.6 Å². The third-order valence-corrected chi connectivity index (χ3v) is 6.76. The predicted molar refractivity (Wildman–Crippen MR) is 156 cm³/mol. The second kappa shape index (κ2) is 13.0. The summed E-state index contributed by atoms with van der Waals surface area (Å²) >= 11 is 5.91. The minimum absolute atomic E-state index is 0.159. The molecule has 1 heterocycles. The number of ether oxygens (including phenoxy) is 1. The highest BCUT2D eigenvalue weighted by molar-refractivity contribution is 6.31. The number of H-pyrrole nitrogens is 1. The Balaban J connectivity index is 1.67. The summed E-state index contributed by atoms with van der Waals surface area (Å²) in [4.78, 5) is 19.6. The average molecular weight is 560 g/mol. The highest BCUT2D eigenvalue weighted by Crippen LogP contribution is 2.31. The molecule has 4 rings (SSSR count). The van der Waals surface area contributed by atoms with Gasteiger partial charge in [0.15, 0.2) is 5.82 Å². The van der Waals surface area contributed by atoms with E-state index in [1.165, 1.54) is 19.3 Å². The number of halogens is 3. The van der Waals surface area contributed by atoms with E-state index in [1.54, 1.807) is 24.4 Å². The topological polar surface area (TPSA) is 67.0 Å². The van der Waals surface area contributed by atoms with Crippen molar-refractivity contribution in [1.82, 2.24) is 9.97 Å². The van der Waals surface area contributed by atoms with E-state index in [2.05, 4.69) is 26.6 Å². The Morgan fingerprint density at radius 3 is 2.50 bits per heavy atom. The van der Waals surface area contributed by atoms with Gasteiger partial charge < -0.3 is 9.72 Å². The standard InChI is InChI=1S/C32H28ClF2N3O2/c1-4-22(29-27(34)17-16-26(33)30(29)35)11-10-20(2)25(18-21-8-6-5-7-9-21)31-36-19-28(38-31)23-12-14-24(15-13-23)37-32(39)40-3/h4-17,19,25H,1,18H2,2-3H3,(H,36,38)(H,37,39)/b20-10+,22-11+. The SMILES string of the molecule is C=C/C(=C\C=C(/C)C(Cc1ccccc1)c1ncc(-c2ccc(NC(=O)OC)cc2)[nH]1)c1c(F)ccc(Cl)c1F. The Labute approximate surface area is 236 Å². The van der Waals surface area contributed by atoms with Gasteiger partial charge in [-0.2, -0.15) is 0 Å². The second-order valence-electron chi connectivity index (χ2n) is 9.07. The molecule has 40 heavy (non-hydrogen) atoms. The first-order valence-electron chi connectivity index (χ1n) is 12.5. The van der Waals surface area contributed by atoms with E-state index >= 15 is 0 Å². The van der Waals surface area contributed by atoms with E-state index in [0.717, 1.165) is 34.3 Å². The highest BCUT2D eigenvalue weighted by Gasteiger charge is 2.19. The van der Waals surface area contributed by atoms with Crippen LogP contribution < -0.4 is 5.32 Å². The summed E-state index contributed by atoms with van der Waals surface area (Å²) < 4.78 is 33.8. The maximum absolute atomic E-state index is 14.7. The summed E-state index contributed by atoms with van der Waals surface area (Å²) in [7, 11) is 1.31. The van der Waals surface area contributed by atoms with E-state index in [-0.39, 0.29) is 22.1 Å². The van der Waals surface area contributed by atoms with E-state index < -0.39 is 17.7 Å². The highest BCUT2D eigenvalue weighted by atomic mass is 35.5. The number of aromatic amines is 1. The number of aromatic nitrogens is 2. The van der Waals surface area contributed by atoms with Crippen molar-refractivity contribution < 1.29 is 18.3 Å². The molecule has 0 saturated heterocycles. The van der Waals surface area contributed by atoms with Gasteiger partial charge in [0.1, 0.15) is 11.6 Å². The van der Waals surface area contributed by atoms with Crippen LogP contribution in [-0.2, 0) is 11.2 Å². The molecule has 1 atom stereocenters. The molecular formula is C32H28ClF2N3O2. The summed E-state index contributed by atoms with van der Waals surface area (Å²) in [6, 6.07) is 19.6. The molecule has 3 aromatic carbocycles. The first-order valence-corrected chi connectivity index (χ1v) is 12.9. The normalized spacial score (nSPS) is 12.6. The summed E-state index contributed by atoms with van der Waals surface area (Å²) in [5.74, 6) is -0.975. The summed E-state index contributed by atoms with van der Waals surface area (Å²) in [6.45, 7) is 5.69. The molecule has 2 N–H and O–H groups in total. The van der Waals surface area contributed by atoms with E-state index in [9.17, 15) is 13.6 Å². The van der Waals surface area contributed by atoms with Crippen LogP contribution in [0.25, 0.3) is 16.8 Å². The number of hydrogen-bond acceptors (Lipinski definition) is 3. The first-order chi connectivity index (χ1) is 19.3. The number of carbonyl (C=O) groups excluding carboxylic acids is 1. The van der Waals surface area contributed by atoms with Gasteiger partial charge in [0.2, 0.25) is 0 Å². The van der Waals surface area contributed by atoms with Gasteiger partial charge in [0.25, 0.3) is 0 Å². The smallest absolute Gasteiger partial charge is 0.411 e. The maximum Gasteiger partial charge on any atom is 0.411 e. The van der Waals surface area contributed by atoms with Crippen LogP contribution in [0, 0.1) is 11.6 Å². The molecular weight excluding hydrogens is 532 g/mol. The fourth-order valence-electron chi connectivity index (χ4n) is 4.27. The van der Waals surface area contributed by atoms with Gasteiger partial charge in [-0.1, -0.05) is 84.4 Å². The van der Waals surface area contributed by atoms with Crippen molar-refractivity contribution in [2.45, 2.75) is 19.3 Å². The summed E-state index contributed by atoms with van der Waals surface area (Å²) in [6.07, 6.45) is 6.71. The summed E-state index contributed by atoms with van der Waals surface area (Å²) in [5.41, 5.74) is 4.37. The third kappa shape index (κ3) is 6.74. The lowest BCUT2D eigenvalue weighted by molar-refractivity contribution is 0.187. The Morgan fingerprint density at radius 1 is 1.10 bits per heavy atom. The monoisotopic (exact) mass is 559 g/mol. The molecule has 0 aliphatic heterocycles. The number of rotatable bonds is 9. The third-order valence-electron chi connectivity index (χ3n) is 6.46. The molecule has 4 aromatic rings. The molecule has 204 valence electrons. The molecule has 0 saturated carbocycles. The average Bonchev–Trinajstić information content (AvgIpc) is 3.46. The van der Waals surface area contributed by atoms with Gasteiger partial charge >= 0.3 is 6.09 Å². The van der Waals surface area contributed by atoms with Gasteiger partial charge in [-0.25, -0.2) is 18.6 Å². The van der Waals surface area contributed by atoms with Crippen LogP contribution >= 0.6 is 11.6 Å². The number of benzene rings is 3. The number of imidazole rings is 1. The second-order valence-corrected chi connectivity index (χ2v) is 9.48. The van der Waals surface area contributed by atoms with Crippen molar-refractivity contribution in [3.63, 3.8) is 0 Å². The number of methoxy groups -OCH3 is 1. The minimum atomic E-state index is -0.830. The largest absolute Gasteiger partial charge is 0.453 e. The van der Waals surface area contributed by atoms with Gasteiger partial charge in [-0.3, -0.25) is 5.32 Å². The lowest BCUT2D eigenvalue weighted by Gasteiger charge is -2.16. The Hall–Kier alpha value is -4.49. The number of hydrogen-bond donors (Lipinski definition) is 2. The number of nitrogens with one attached hydrogen (secondary N) is 2. The van der Waals surface area contributed by atoms with Crippen LogP contribution in [-0.4, -0.2) is 23.2 Å². The van der Waals surface area contributed by atoms with Crippen LogP contribution in [0.3, 0.4) is 0 Å². The number of nitrogens with zero attached hydrogens (tertiary/aromatic N) is 1. The van der Waals surface area contributed by atoms with Gasteiger partial charge in [0, 0.05) is 11.6 Å². The molecule has 0 fully saturated rings. The van der Waals surface area contributed by atoms with E-state index in [4.69, 9.17) is 11.6 Å². The predicted octanol–water partition coefficient (Wildman–Crippen LogP) is 8.73. The molecule has 0 spiro atoms. The van der Waals surface area contributed by atoms with Crippen molar-refractivity contribution in [2.24, 2.45) is 0 Å². The van der Waals surface area contributed by atoms with Crippen molar-refractivity contribution >= 4 is 29.0 Å². The lowest BCUT2D eigenvalue weighted by Crippen LogP contribution is -2.10. The van der Waals surface area contributed by atoms with Crippen LogP contribution in [0.5, 0.6) is 0 Å². The zero-order valence-electron chi connectivity index (χ0n) is 22.0. The quantitative estimate of drug-likeness (QED) is 0.159. The molecule has 0 aliphatic carbocycles. The first kappa shape index (κ1) is 28.5. The lowest BCUT2D eigenvalue weighted by atomic mass is 9.91. The molecule has 8 heteroatoms. The maximum atomic E-state index is 14.7. The molecule has 0 aliphatic rings. The number of anilines is 1. The van der Waals surface area contributed by atoms with Crippen LogP contribution in [0.4, 0.5) is 19.3 Å². The Bertz CT molecular complexity index is 1560. The van der Waals surface area contributed by atoms with E-state index in [1.807, 2.05) is 55.5 Å². The number of allylic oxidation sites excluding steroid dienone is 5. The fraction of sp³-hybridized carbons (Fsp3) is 0.125.